The molecule has 0 unspecified atom stereocenters. The van der Waals surface area contributed by atoms with Gasteiger partial charge in [0.2, 0.25) is 0 Å². The molecule has 1 heterocycles. The first-order valence-electron chi connectivity index (χ1n) is 8.10. The number of nitrogens with zero attached hydrogens (tertiary/aromatic N) is 2. The zero-order valence-electron chi connectivity index (χ0n) is 14.3. The maximum atomic E-state index is 3.54. The summed E-state index contributed by atoms with van der Waals surface area (Å²) in [4.78, 5) is 4.87. The summed E-state index contributed by atoms with van der Waals surface area (Å²) in [5, 5.41) is 3.54. The van der Waals surface area contributed by atoms with Crippen LogP contribution < -0.4 is 10.2 Å². The zero-order valence-corrected chi connectivity index (χ0v) is 14.3. The highest BCUT2D eigenvalue weighted by Crippen LogP contribution is 2.22. The molecule has 1 saturated heterocycles. The van der Waals surface area contributed by atoms with E-state index in [1.165, 1.54) is 37.2 Å². The average molecular weight is 289 g/mol. The first-order chi connectivity index (χ1) is 9.85. The second-order valence-corrected chi connectivity index (χ2v) is 7.45. The zero-order chi connectivity index (χ0) is 15.5. The lowest BCUT2D eigenvalue weighted by Crippen LogP contribution is -2.42. The molecule has 1 aromatic rings. The van der Waals surface area contributed by atoms with Gasteiger partial charge in [0.15, 0.2) is 0 Å². The Morgan fingerprint density at radius 3 is 2.14 bits per heavy atom. The summed E-state index contributed by atoms with van der Waals surface area (Å²) in [5.41, 5.74) is 2.90. The minimum atomic E-state index is 0.173. The van der Waals surface area contributed by atoms with Gasteiger partial charge in [0.1, 0.15) is 0 Å². The number of hydrogen-bond acceptors (Lipinski definition) is 3. The minimum Gasteiger partial charge on any atom is -0.371 e. The number of nitrogens with one attached hydrogen (secondary N) is 1. The maximum Gasteiger partial charge on any atom is 0.0366 e. The van der Waals surface area contributed by atoms with Gasteiger partial charge in [-0.15, -0.1) is 0 Å². The van der Waals surface area contributed by atoms with Crippen LogP contribution in [-0.4, -0.2) is 43.7 Å². The normalized spacial score (nSPS) is 17.5. The fraction of sp³-hybridized carbons (Fsp3) is 0.667. The number of piperidine rings is 1. The van der Waals surface area contributed by atoms with Crippen LogP contribution in [0.4, 0.5) is 5.69 Å². The van der Waals surface area contributed by atoms with Crippen LogP contribution in [0.5, 0.6) is 0 Å². The van der Waals surface area contributed by atoms with Crippen LogP contribution in [0.15, 0.2) is 24.3 Å². The number of rotatable bonds is 4. The molecule has 118 valence electrons. The van der Waals surface area contributed by atoms with E-state index in [1.807, 2.05) is 0 Å². The highest BCUT2D eigenvalue weighted by molar-refractivity contribution is 5.48. The number of anilines is 1. The van der Waals surface area contributed by atoms with E-state index < -0.39 is 0 Å². The fourth-order valence-corrected chi connectivity index (χ4v) is 2.83. The van der Waals surface area contributed by atoms with Gasteiger partial charge in [0.25, 0.3) is 0 Å². The van der Waals surface area contributed by atoms with Crippen molar-refractivity contribution < 1.29 is 0 Å². The average Bonchev–Trinajstić information content (AvgIpc) is 2.45. The van der Waals surface area contributed by atoms with Crippen molar-refractivity contribution in [1.29, 1.82) is 0 Å². The summed E-state index contributed by atoms with van der Waals surface area (Å²) >= 11 is 0. The molecule has 2 rings (SSSR count). The first kappa shape index (κ1) is 16.3. The summed E-state index contributed by atoms with van der Waals surface area (Å²) in [6, 6.07) is 9.81. The number of benzene rings is 1. The van der Waals surface area contributed by atoms with Crippen LogP contribution in [0.1, 0.15) is 39.2 Å². The molecule has 1 aliphatic rings. The van der Waals surface area contributed by atoms with E-state index >= 15 is 0 Å². The van der Waals surface area contributed by atoms with E-state index in [1.54, 1.807) is 0 Å². The molecule has 1 aliphatic heterocycles. The Balaban J connectivity index is 1.88. The molecule has 1 N–H and O–H groups in total. The summed E-state index contributed by atoms with van der Waals surface area (Å²) in [7, 11) is 4.38. The van der Waals surface area contributed by atoms with Crippen LogP contribution >= 0.6 is 0 Å². The van der Waals surface area contributed by atoms with Crippen molar-refractivity contribution in [3.8, 4) is 0 Å². The molecular formula is C18H31N3. The lowest BCUT2D eigenvalue weighted by atomic mass is 10.0. The van der Waals surface area contributed by atoms with Gasteiger partial charge in [-0.2, -0.15) is 0 Å². The van der Waals surface area contributed by atoms with E-state index in [9.17, 15) is 0 Å². The summed E-state index contributed by atoms with van der Waals surface area (Å²) < 4.78 is 0. The third-order valence-electron chi connectivity index (χ3n) is 4.32. The van der Waals surface area contributed by atoms with Gasteiger partial charge >= 0.3 is 0 Å². The molecule has 0 amide bonds. The van der Waals surface area contributed by atoms with Crippen molar-refractivity contribution in [2.45, 2.75) is 51.7 Å². The van der Waals surface area contributed by atoms with Gasteiger partial charge in [-0.25, -0.2) is 0 Å². The highest BCUT2D eigenvalue weighted by atomic mass is 15.2. The van der Waals surface area contributed by atoms with Crippen molar-refractivity contribution in [1.82, 2.24) is 10.2 Å². The molecule has 0 bridgehead atoms. The Kier molecular flexibility index (Phi) is 5.28. The molecule has 0 aliphatic carbocycles. The quantitative estimate of drug-likeness (QED) is 0.919. The van der Waals surface area contributed by atoms with Crippen molar-refractivity contribution >= 4 is 5.69 Å². The molecule has 0 aromatic heterocycles. The van der Waals surface area contributed by atoms with Gasteiger partial charge in [0, 0.05) is 36.9 Å². The third kappa shape index (κ3) is 5.01. The van der Waals surface area contributed by atoms with Crippen molar-refractivity contribution in [2.75, 3.05) is 32.1 Å². The van der Waals surface area contributed by atoms with Crippen LogP contribution in [0.25, 0.3) is 0 Å². The molecule has 1 fully saturated rings. The Labute approximate surface area is 130 Å². The summed E-state index contributed by atoms with van der Waals surface area (Å²) in [5.74, 6) is 0. The van der Waals surface area contributed by atoms with Crippen molar-refractivity contribution in [3.05, 3.63) is 29.8 Å². The van der Waals surface area contributed by atoms with Gasteiger partial charge in [-0.3, -0.25) is 0 Å². The van der Waals surface area contributed by atoms with Crippen molar-refractivity contribution in [2.24, 2.45) is 0 Å². The van der Waals surface area contributed by atoms with Crippen LogP contribution in [0, 0.1) is 0 Å². The Bertz CT molecular complexity index is 423. The molecule has 0 spiro atoms. The minimum absolute atomic E-state index is 0.173. The maximum absolute atomic E-state index is 3.54. The van der Waals surface area contributed by atoms with E-state index in [2.05, 4.69) is 74.2 Å². The summed E-state index contributed by atoms with van der Waals surface area (Å²) in [6.45, 7) is 9.89. The van der Waals surface area contributed by atoms with Gasteiger partial charge in [-0.1, -0.05) is 12.1 Å². The monoisotopic (exact) mass is 289 g/mol. The van der Waals surface area contributed by atoms with Crippen LogP contribution in [-0.2, 0) is 6.54 Å². The highest BCUT2D eigenvalue weighted by Gasteiger charge is 2.20. The van der Waals surface area contributed by atoms with Gasteiger partial charge in [-0.05, 0) is 65.4 Å². The Morgan fingerprint density at radius 2 is 1.67 bits per heavy atom. The van der Waals surface area contributed by atoms with Gasteiger partial charge in [0.05, 0.1) is 0 Å². The second-order valence-electron chi connectivity index (χ2n) is 7.45. The smallest absolute Gasteiger partial charge is 0.0366 e. The second kappa shape index (κ2) is 6.80. The van der Waals surface area contributed by atoms with Crippen LogP contribution in [0.2, 0.25) is 0 Å². The van der Waals surface area contributed by atoms with Crippen LogP contribution in [0.3, 0.4) is 0 Å². The molecule has 3 nitrogen and oxygen atoms in total. The first-order valence-corrected chi connectivity index (χ1v) is 8.10. The molecule has 0 radical (unpaired) electrons. The van der Waals surface area contributed by atoms with Gasteiger partial charge < -0.3 is 15.1 Å². The third-order valence-corrected chi connectivity index (χ3v) is 4.32. The molecule has 1 aromatic carbocycles. The topological polar surface area (TPSA) is 18.5 Å². The van der Waals surface area contributed by atoms with Crippen molar-refractivity contribution in [3.63, 3.8) is 0 Å². The van der Waals surface area contributed by atoms with E-state index in [0.29, 0.717) is 0 Å². The molecular weight excluding hydrogens is 258 g/mol. The lowest BCUT2D eigenvalue weighted by molar-refractivity contribution is 0.249. The fourth-order valence-electron chi connectivity index (χ4n) is 2.83. The number of hydrogen-bond donors (Lipinski definition) is 1. The molecule has 0 saturated carbocycles. The standard InChI is InChI=1S/C18H31N3/c1-18(2,3)19-14-15-6-8-17(9-7-15)21-12-10-16(11-13-21)20(4)5/h6-9,16,19H,10-14H2,1-5H3. The largest absolute Gasteiger partial charge is 0.371 e. The van der Waals surface area contributed by atoms with E-state index in [0.717, 1.165) is 12.6 Å². The molecule has 0 atom stereocenters. The van der Waals surface area contributed by atoms with E-state index in [-0.39, 0.29) is 5.54 Å². The summed E-state index contributed by atoms with van der Waals surface area (Å²) in [6.07, 6.45) is 2.53. The molecule has 3 heteroatoms. The molecule has 21 heavy (non-hydrogen) atoms. The predicted octanol–water partition coefficient (Wildman–Crippen LogP) is 3.11. The van der Waals surface area contributed by atoms with E-state index in [4.69, 9.17) is 0 Å². The SMILES string of the molecule is CN(C)C1CCN(c2ccc(CNC(C)(C)C)cc2)CC1. The Morgan fingerprint density at radius 1 is 1.10 bits per heavy atom. The predicted molar refractivity (Wildman–Crippen MR) is 92.0 cm³/mol. The Hall–Kier alpha value is -1.06. The lowest BCUT2D eigenvalue weighted by Gasteiger charge is -2.36.